The van der Waals surface area contributed by atoms with Crippen molar-refractivity contribution in [3.8, 4) is 0 Å². The van der Waals surface area contributed by atoms with Crippen molar-refractivity contribution >= 4 is 5.91 Å². The van der Waals surface area contributed by atoms with E-state index in [0.29, 0.717) is 11.0 Å². The summed E-state index contributed by atoms with van der Waals surface area (Å²) in [7, 11) is 0. The predicted molar refractivity (Wildman–Crippen MR) is 87.2 cm³/mol. The molecule has 4 heterocycles. The fraction of sp³-hybridized carbons (Fsp3) is 0.667. The topological polar surface area (TPSA) is 45.7 Å². The molecule has 3 saturated heterocycles. The number of carbonyl (C=O) groups excluding carboxylic acids is 1. The number of nitrogens with zero attached hydrogens (tertiary/aromatic N) is 3. The van der Waals surface area contributed by atoms with Gasteiger partial charge >= 0.3 is 0 Å². The van der Waals surface area contributed by atoms with Gasteiger partial charge in [-0.3, -0.25) is 9.78 Å². The zero-order valence-corrected chi connectivity index (χ0v) is 13.6. The standard InChI is InChI=1S/C18H25N3O2/c22-17(16-2-1-6-19-10-16)21-7-5-18(14-21)12-20(13-18)11-15-3-8-23-9-4-15/h1-2,6,10,15H,3-5,7-9,11-14H2. The van der Waals surface area contributed by atoms with Crippen molar-refractivity contribution in [2.24, 2.45) is 11.3 Å². The Kier molecular flexibility index (Phi) is 4.07. The molecule has 3 fully saturated rings. The fourth-order valence-electron chi connectivity index (χ4n) is 4.36. The second kappa shape index (κ2) is 6.21. The second-order valence-corrected chi connectivity index (χ2v) is 7.44. The zero-order chi connectivity index (χ0) is 15.7. The van der Waals surface area contributed by atoms with Crippen molar-refractivity contribution in [1.29, 1.82) is 0 Å². The maximum atomic E-state index is 12.5. The van der Waals surface area contributed by atoms with Gasteiger partial charge in [-0.05, 0) is 37.3 Å². The predicted octanol–water partition coefficient (Wildman–Crippen LogP) is 1.66. The Labute approximate surface area is 137 Å². The first-order valence-corrected chi connectivity index (χ1v) is 8.74. The first kappa shape index (κ1) is 15.1. The van der Waals surface area contributed by atoms with Gasteiger partial charge in [-0.1, -0.05) is 0 Å². The number of pyridine rings is 1. The monoisotopic (exact) mass is 315 g/mol. The van der Waals surface area contributed by atoms with Gasteiger partial charge in [-0.25, -0.2) is 0 Å². The molecular weight excluding hydrogens is 290 g/mol. The highest BCUT2D eigenvalue weighted by molar-refractivity contribution is 5.94. The Balaban J connectivity index is 1.29. The molecule has 1 amide bonds. The highest BCUT2D eigenvalue weighted by Gasteiger charge is 2.48. The van der Waals surface area contributed by atoms with Crippen molar-refractivity contribution in [2.75, 3.05) is 45.9 Å². The number of ether oxygens (including phenoxy) is 1. The normalized spacial score (nSPS) is 24.8. The minimum atomic E-state index is 0.137. The van der Waals surface area contributed by atoms with Crippen LogP contribution in [-0.4, -0.2) is 66.6 Å². The molecule has 0 unspecified atom stereocenters. The van der Waals surface area contributed by atoms with E-state index in [4.69, 9.17) is 4.74 Å². The molecule has 124 valence electrons. The van der Waals surface area contributed by atoms with E-state index in [9.17, 15) is 4.79 Å². The third kappa shape index (κ3) is 3.12. The largest absolute Gasteiger partial charge is 0.381 e. The zero-order valence-electron chi connectivity index (χ0n) is 13.6. The van der Waals surface area contributed by atoms with Crippen molar-refractivity contribution in [3.63, 3.8) is 0 Å². The van der Waals surface area contributed by atoms with Gasteiger partial charge in [-0.15, -0.1) is 0 Å². The summed E-state index contributed by atoms with van der Waals surface area (Å²) in [6.45, 7) is 7.17. The number of carbonyl (C=O) groups is 1. The van der Waals surface area contributed by atoms with E-state index in [1.807, 2.05) is 17.0 Å². The molecule has 0 bridgehead atoms. The van der Waals surface area contributed by atoms with Crippen LogP contribution in [0.2, 0.25) is 0 Å². The quantitative estimate of drug-likeness (QED) is 0.851. The fourth-order valence-corrected chi connectivity index (χ4v) is 4.36. The van der Waals surface area contributed by atoms with Gasteiger partial charge in [0.25, 0.3) is 5.91 Å². The number of rotatable bonds is 3. The van der Waals surface area contributed by atoms with E-state index in [0.717, 1.165) is 51.7 Å². The van der Waals surface area contributed by atoms with E-state index in [-0.39, 0.29) is 5.91 Å². The van der Waals surface area contributed by atoms with Crippen LogP contribution >= 0.6 is 0 Å². The second-order valence-electron chi connectivity index (χ2n) is 7.44. The highest BCUT2D eigenvalue weighted by Crippen LogP contribution is 2.40. The van der Waals surface area contributed by atoms with Crippen molar-refractivity contribution in [3.05, 3.63) is 30.1 Å². The average Bonchev–Trinajstić information content (AvgIpc) is 3.01. The SMILES string of the molecule is O=C(c1cccnc1)N1CCC2(CN(CC3CCOCC3)C2)C1. The van der Waals surface area contributed by atoms with E-state index in [2.05, 4.69) is 9.88 Å². The van der Waals surface area contributed by atoms with Crippen molar-refractivity contribution in [1.82, 2.24) is 14.8 Å². The molecule has 1 spiro atoms. The minimum Gasteiger partial charge on any atom is -0.381 e. The Morgan fingerprint density at radius 2 is 2.13 bits per heavy atom. The first-order chi connectivity index (χ1) is 11.2. The van der Waals surface area contributed by atoms with Gasteiger partial charge in [0, 0.05) is 63.7 Å². The third-order valence-electron chi connectivity index (χ3n) is 5.61. The molecule has 0 aliphatic carbocycles. The number of likely N-dealkylation sites (tertiary alicyclic amines) is 2. The van der Waals surface area contributed by atoms with Crippen LogP contribution in [0.4, 0.5) is 0 Å². The average molecular weight is 315 g/mol. The van der Waals surface area contributed by atoms with Crippen molar-refractivity contribution < 1.29 is 9.53 Å². The molecule has 3 aliphatic heterocycles. The summed E-state index contributed by atoms with van der Waals surface area (Å²) in [4.78, 5) is 21.2. The van der Waals surface area contributed by atoms with Crippen LogP contribution in [0.1, 0.15) is 29.6 Å². The molecular formula is C18H25N3O2. The van der Waals surface area contributed by atoms with Gasteiger partial charge in [0.1, 0.15) is 0 Å². The lowest BCUT2D eigenvalue weighted by molar-refractivity contribution is -0.0200. The molecule has 5 nitrogen and oxygen atoms in total. The summed E-state index contributed by atoms with van der Waals surface area (Å²) in [6.07, 6.45) is 6.93. The number of hydrogen-bond donors (Lipinski definition) is 0. The molecule has 0 aromatic carbocycles. The van der Waals surface area contributed by atoms with Crippen LogP contribution < -0.4 is 0 Å². The molecule has 0 saturated carbocycles. The molecule has 1 aromatic heterocycles. The van der Waals surface area contributed by atoms with E-state index < -0.39 is 0 Å². The summed E-state index contributed by atoms with van der Waals surface area (Å²) in [6, 6.07) is 3.69. The minimum absolute atomic E-state index is 0.137. The summed E-state index contributed by atoms with van der Waals surface area (Å²) in [5.74, 6) is 0.938. The maximum absolute atomic E-state index is 12.5. The Morgan fingerprint density at radius 3 is 2.87 bits per heavy atom. The first-order valence-electron chi connectivity index (χ1n) is 8.74. The maximum Gasteiger partial charge on any atom is 0.255 e. The highest BCUT2D eigenvalue weighted by atomic mass is 16.5. The van der Waals surface area contributed by atoms with Crippen LogP contribution in [0.15, 0.2) is 24.5 Å². The Morgan fingerprint density at radius 1 is 1.30 bits per heavy atom. The lowest BCUT2D eigenvalue weighted by atomic mass is 9.78. The molecule has 5 heteroatoms. The Bertz CT molecular complexity index is 551. The lowest BCUT2D eigenvalue weighted by Crippen LogP contribution is -2.58. The van der Waals surface area contributed by atoms with Gasteiger partial charge in [0.15, 0.2) is 0 Å². The summed E-state index contributed by atoms with van der Waals surface area (Å²) in [5, 5.41) is 0. The van der Waals surface area contributed by atoms with Crippen LogP contribution in [0.5, 0.6) is 0 Å². The van der Waals surface area contributed by atoms with Gasteiger partial charge < -0.3 is 14.5 Å². The molecule has 3 aliphatic rings. The van der Waals surface area contributed by atoms with Gasteiger partial charge in [-0.2, -0.15) is 0 Å². The van der Waals surface area contributed by atoms with E-state index in [1.54, 1.807) is 12.4 Å². The lowest BCUT2D eigenvalue weighted by Gasteiger charge is -2.49. The molecule has 23 heavy (non-hydrogen) atoms. The number of aromatic nitrogens is 1. The van der Waals surface area contributed by atoms with Crippen molar-refractivity contribution in [2.45, 2.75) is 19.3 Å². The number of amides is 1. The Hall–Kier alpha value is -1.46. The summed E-state index contributed by atoms with van der Waals surface area (Å²) < 4.78 is 5.44. The molecule has 0 N–H and O–H groups in total. The van der Waals surface area contributed by atoms with Gasteiger partial charge in [0.2, 0.25) is 0 Å². The molecule has 4 rings (SSSR count). The summed E-state index contributed by atoms with van der Waals surface area (Å²) >= 11 is 0. The van der Waals surface area contributed by atoms with E-state index >= 15 is 0 Å². The smallest absolute Gasteiger partial charge is 0.255 e. The van der Waals surface area contributed by atoms with Crippen LogP contribution in [-0.2, 0) is 4.74 Å². The van der Waals surface area contributed by atoms with Crippen LogP contribution in [0.25, 0.3) is 0 Å². The van der Waals surface area contributed by atoms with E-state index in [1.165, 1.54) is 19.4 Å². The van der Waals surface area contributed by atoms with Gasteiger partial charge in [0.05, 0.1) is 5.56 Å². The molecule has 1 aromatic rings. The van der Waals surface area contributed by atoms with Crippen LogP contribution in [0, 0.1) is 11.3 Å². The summed E-state index contributed by atoms with van der Waals surface area (Å²) in [5.41, 5.74) is 1.06. The molecule has 0 radical (unpaired) electrons. The number of hydrogen-bond acceptors (Lipinski definition) is 4. The van der Waals surface area contributed by atoms with Crippen LogP contribution in [0.3, 0.4) is 0 Å². The third-order valence-corrected chi connectivity index (χ3v) is 5.61. The molecule has 0 atom stereocenters.